The van der Waals surface area contributed by atoms with Crippen molar-refractivity contribution in [3.63, 3.8) is 0 Å². The minimum atomic E-state index is -0.251. The Morgan fingerprint density at radius 2 is 2.16 bits per heavy atom. The number of rotatable bonds is 3. The molecule has 2 saturated heterocycles. The van der Waals surface area contributed by atoms with Gasteiger partial charge in [-0.05, 0) is 18.9 Å². The van der Waals surface area contributed by atoms with Gasteiger partial charge in [0.05, 0.1) is 5.88 Å². The summed E-state index contributed by atoms with van der Waals surface area (Å²) >= 11 is 1.66. The molecule has 0 saturated carbocycles. The normalized spacial score (nSPS) is 26.4. The van der Waals surface area contributed by atoms with Gasteiger partial charge in [0, 0.05) is 25.3 Å². The summed E-state index contributed by atoms with van der Waals surface area (Å²) in [5, 5.41) is 0. The summed E-state index contributed by atoms with van der Waals surface area (Å²) < 4.78 is 0. The first-order valence-corrected chi connectivity index (χ1v) is 7.68. The summed E-state index contributed by atoms with van der Waals surface area (Å²) in [6.45, 7) is 4.02. The van der Waals surface area contributed by atoms with Crippen molar-refractivity contribution in [2.75, 3.05) is 31.3 Å². The molecule has 0 radical (unpaired) electrons. The van der Waals surface area contributed by atoms with Gasteiger partial charge in [-0.25, -0.2) is 0 Å². The standard InChI is InChI=1S/C12H21N3O2S.ClH/c1-2-11(16)15-8-18-7-10(15)12(17)14-4-3-9(5-13)6-14;/h9-10H,2-8,13H2,1H3;1H. The maximum absolute atomic E-state index is 12.4. The highest BCUT2D eigenvalue weighted by molar-refractivity contribution is 7.99. The van der Waals surface area contributed by atoms with Crippen molar-refractivity contribution in [2.24, 2.45) is 11.7 Å². The summed E-state index contributed by atoms with van der Waals surface area (Å²) in [6.07, 6.45) is 1.46. The molecular formula is C12H22ClN3O2S. The predicted molar refractivity (Wildman–Crippen MR) is 79.2 cm³/mol. The second-order valence-corrected chi connectivity index (χ2v) is 5.91. The molecule has 2 atom stereocenters. The fourth-order valence-corrected chi connectivity index (χ4v) is 3.70. The van der Waals surface area contributed by atoms with Gasteiger partial charge in [-0.15, -0.1) is 24.2 Å². The molecule has 0 aliphatic carbocycles. The highest BCUT2D eigenvalue weighted by atomic mass is 35.5. The van der Waals surface area contributed by atoms with E-state index in [1.807, 2.05) is 11.8 Å². The van der Waals surface area contributed by atoms with E-state index in [0.29, 0.717) is 24.8 Å². The van der Waals surface area contributed by atoms with E-state index in [4.69, 9.17) is 5.73 Å². The van der Waals surface area contributed by atoms with Crippen LogP contribution in [0.2, 0.25) is 0 Å². The zero-order chi connectivity index (χ0) is 13.1. The maximum Gasteiger partial charge on any atom is 0.246 e. The molecule has 0 spiro atoms. The quantitative estimate of drug-likeness (QED) is 0.826. The van der Waals surface area contributed by atoms with Gasteiger partial charge in [-0.2, -0.15) is 0 Å². The van der Waals surface area contributed by atoms with Gasteiger partial charge < -0.3 is 15.5 Å². The molecule has 2 fully saturated rings. The van der Waals surface area contributed by atoms with E-state index in [-0.39, 0.29) is 30.3 Å². The number of likely N-dealkylation sites (tertiary alicyclic amines) is 1. The Morgan fingerprint density at radius 3 is 2.74 bits per heavy atom. The smallest absolute Gasteiger partial charge is 0.246 e. The van der Waals surface area contributed by atoms with Crippen molar-refractivity contribution in [1.82, 2.24) is 9.80 Å². The molecule has 7 heteroatoms. The van der Waals surface area contributed by atoms with Crippen LogP contribution in [0, 0.1) is 5.92 Å². The Kier molecular flexibility index (Phi) is 6.42. The van der Waals surface area contributed by atoms with Crippen LogP contribution in [0.1, 0.15) is 19.8 Å². The molecule has 0 aromatic carbocycles. The van der Waals surface area contributed by atoms with E-state index in [0.717, 1.165) is 25.3 Å². The molecule has 2 amide bonds. The second kappa shape index (κ2) is 7.36. The third kappa shape index (κ3) is 3.55. The number of nitrogens with zero attached hydrogens (tertiary/aromatic N) is 2. The molecular weight excluding hydrogens is 286 g/mol. The summed E-state index contributed by atoms with van der Waals surface area (Å²) in [5.74, 6) is 2.00. The number of carbonyl (C=O) groups excluding carboxylic acids is 2. The summed E-state index contributed by atoms with van der Waals surface area (Å²) in [4.78, 5) is 27.8. The Hall–Kier alpha value is -0.460. The van der Waals surface area contributed by atoms with Crippen molar-refractivity contribution in [1.29, 1.82) is 0 Å². The van der Waals surface area contributed by atoms with E-state index in [1.165, 1.54) is 0 Å². The molecule has 2 N–H and O–H groups in total. The Balaban J connectivity index is 0.00000180. The largest absolute Gasteiger partial charge is 0.341 e. The first-order chi connectivity index (χ1) is 8.67. The van der Waals surface area contributed by atoms with Crippen LogP contribution in [0.5, 0.6) is 0 Å². The first-order valence-electron chi connectivity index (χ1n) is 6.53. The van der Waals surface area contributed by atoms with Crippen LogP contribution in [0.3, 0.4) is 0 Å². The van der Waals surface area contributed by atoms with E-state index < -0.39 is 0 Å². The van der Waals surface area contributed by atoms with Crippen LogP contribution in [-0.4, -0.2) is 58.9 Å². The molecule has 2 aliphatic heterocycles. The van der Waals surface area contributed by atoms with Crippen LogP contribution >= 0.6 is 24.2 Å². The number of hydrogen-bond acceptors (Lipinski definition) is 4. The van der Waals surface area contributed by atoms with Crippen molar-refractivity contribution in [3.05, 3.63) is 0 Å². The lowest BCUT2D eigenvalue weighted by Crippen LogP contribution is -2.48. The SMILES string of the molecule is CCC(=O)N1CSCC1C(=O)N1CCC(CN)C1.Cl. The van der Waals surface area contributed by atoms with Crippen molar-refractivity contribution in [2.45, 2.75) is 25.8 Å². The molecule has 0 aromatic heterocycles. The average molecular weight is 308 g/mol. The van der Waals surface area contributed by atoms with Gasteiger partial charge in [-0.3, -0.25) is 9.59 Å². The second-order valence-electron chi connectivity index (χ2n) is 4.91. The molecule has 0 aromatic rings. The number of nitrogens with two attached hydrogens (primary N) is 1. The monoisotopic (exact) mass is 307 g/mol. The molecule has 0 bridgehead atoms. The van der Waals surface area contributed by atoms with Crippen molar-refractivity contribution >= 4 is 36.0 Å². The van der Waals surface area contributed by atoms with Crippen molar-refractivity contribution in [3.8, 4) is 0 Å². The lowest BCUT2D eigenvalue weighted by Gasteiger charge is -2.27. The molecule has 2 aliphatic rings. The minimum Gasteiger partial charge on any atom is -0.341 e. The van der Waals surface area contributed by atoms with Crippen LogP contribution in [-0.2, 0) is 9.59 Å². The number of carbonyl (C=O) groups is 2. The predicted octanol–water partition coefficient (Wildman–Crippen LogP) is 0.527. The molecule has 2 heterocycles. The number of hydrogen-bond donors (Lipinski definition) is 1. The Bertz CT molecular complexity index is 343. The highest BCUT2D eigenvalue weighted by Gasteiger charge is 2.38. The van der Waals surface area contributed by atoms with Crippen LogP contribution in [0.4, 0.5) is 0 Å². The lowest BCUT2D eigenvalue weighted by molar-refractivity contribution is -0.142. The van der Waals surface area contributed by atoms with E-state index >= 15 is 0 Å². The molecule has 2 rings (SSSR count). The maximum atomic E-state index is 12.4. The molecule has 2 unspecified atom stereocenters. The fourth-order valence-electron chi connectivity index (χ4n) is 2.53. The topological polar surface area (TPSA) is 66.6 Å². The van der Waals surface area contributed by atoms with Gasteiger partial charge in [-0.1, -0.05) is 6.92 Å². The van der Waals surface area contributed by atoms with E-state index in [9.17, 15) is 9.59 Å². The van der Waals surface area contributed by atoms with Gasteiger partial charge in [0.25, 0.3) is 0 Å². The van der Waals surface area contributed by atoms with E-state index in [1.54, 1.807) is 16.7 Å². The first kappa shape index (κ1) is 16.6. The molecule has 110 valence electrons. The van der Waals surface area contributed by atoms with Crippen LogP contribution in [0.25, 0.3) is 0 Å². The van der Waals surface area contributed by atoms with Gasteiger partial charge in [0.1, 0.15) is 6.04 Å². The number of amides is 2. The van der Waals surface area contributed by atoms with Crippen LogP contribution in [0.15, 0.2) is 0 Å². The average Bonchev–Trinajstić information content (AvgIpc) is 3.05. The Labute approximate surface area is 124 Å². The number of halogens is 1. The highest BCUT2D eigenvalue weighted by Crippen LogP contribution is 2.25. The van der Waals surface area contributed by atoms with Gasteiger partial charge in [0.15, 0.2) is 0 Å². The third-order valence-electron chi connectivity index (χ3n) is 3.72. The molecule has 19 heavy (non-hydrogen) atoms. The third-order valence-corrected chi connectivity index (χ3v) is 4.73. The summed E-state index contributed by atoms with van der Waals surface area (Å²) in [5.41, 5.74) is 5.64. The zero-order valence-electron chi connectivity index (χ0n) is 11.2. The van der Waals surface area contributed by atoms with Gasteiger partial charge >= 0.3 is 0 Å². The summed E-state index contributed by atoms with van der Waals surface area (Å²) in [6, 6.07) is -0.251. The number of thioether (sulfide) groups is 1. The van der Waals surface area contributed by atoms with Gasteiger partial charge in [0.2, 0.25) is 11.8 Å². The minimum absolute atomic E-state index is 0. The van der Waals surface area contributed by atoms with E-state index in [2.05, 4.69) is 0 Å². The Morgan fingerprint density at radius 1 is 1.42 bits per heavy atom. The fraction of sp³-hybridized carbons (Fsp3) is 0.833. The summed E-state index contributed by atoms with van der Waals surface area (Å²) in [7, 11) is 0. The van der Waals surface area contributed by atoms with Crippen molar-refractivity contribution < 1.29 is 9.59 Å². The molecule has 5 nitrogen and oxygen atoms in total. The van der Waals surface area contributed by atoms with Crippen LogP contribution < -0.4 is 5.73 Å². The lowest BCUT2D eigenvalue weighted by atomic mass is 10.1. The zero-order valence-corrected chi connectivity index (χ0v) is 12.8.